The summed E-state index contributed by atoms with van der Waals surface area (Å²) in [6, 6.07) is 14.3. The van der Waals surface area contributed by atoms with Gasteiger partial charge in [0, 0.05) is 11.7 Å². The molecule has 0 saturated carbocycles. The largest absolute Gasteiger partial charge is 0.332 e. The Hall–Kier alpha value is -3.15. The number of benzene rings is 2. The van der Waals surface area contributed by atoms with Crippen molar-refractivity contribution >= 4 is 22.5 Å². The van der Waals surface area contributed by atoms with Gasteiger partial charge in [-0.25, -0.2) is 4.79 Å². The molecule has 0 aliphatic carbocycles. The van der Waals surface area contributed by atoms with E-state index in [-0.39, 0.29) is 24.1 Å². The number of hydrogen-bond acceptors (Lipinski definition) is 3. The molecule has 1 amide bonds. The molecule has 0 bridgehead atoms. The predicted octanol–water partition coefficient (Wildman–Crippen LogP) is 3.34. The number of nitrogens with zero attached hydrogens (tertiary/aromatic N) is 2. The smallest absolute Gasteiger partial charge is 0.325 e. The molecule has 3 rings (SSSR count). The van der Waals surface area contributed by atoms with Crippen LogP contribution in [0.3, 0.4) is 0 Å². The van der Waals surface area contributed by atoms with Crippen LogP contribution in [0.4, 0.5) is 5.69 Å². The topological polar surface area (TPSA) is 73.1 Å². The van der Waals surface area contributed by atoms with E-state index in [4.69, 9.17) is 0 Å². The second-order valence-corrected chi connectivity index (χ2v) is 6.92. The fourth-order valence-corrected chi connectivity index (χ4v) is 3.28. The van der Waals surface area contributed by atoms with Crippen LogP contribution in [0.5, 0.6) is 0 Å². The summed E-state index contributed by atoms with van der Waals surface area (Å²) in [4.78, 5) is 38.5. The maximum Gasteiger partial charge on any atom is 0.332 e. The van der Waals surface area contributed by atoms with Gasteiger partial charge in [-0.2, -0.15) is 0 Å². The number of aromatic nitrogens is 2. The molecule has 0 spiro atoms. The zero-order valence-corrected chi connectivity index (χ0v) is 16.4. The highest BCUT2D eigenvalue weighted by molar-refractivity contribution is 5.91. The molecule has 0 aliphatic rings. The quantitative estimate of drug-likeness (QED) is 0.714. The number of carbonyl (C=O) groups excluding carboxylic acids is 1. The first kappa shape index (κ1) is 19.6. The number of amides is 1. The molecule has 0 fully saturated rings. The van der Waals surface area contributed by atoms with Crippen molar-refractivity contribution < 1.29 is 4.79 Å². The van der Waals surface area contributed by atoms with Gasteiger partial charge >= 0.3 is 5.69 Å². The number of hydrogen-bond donors (Lipinski definition) is 1. The van der Waals surface area contributed by atoms with E-state index >= 15 is 0 Å². The molecule has 1 atom stereocenters. The number of para-hydroxylation sites is 1. The molecule has 0 saturated heterocycles. The van der Waals surface area contributed by atoms with Gasteiger partial charge in [-0.15, -0.1) is 0 Å². The van der Waals surface area contributed by atoms with Crippen LogP contribution in [-0.4, -0.2) is 15.0 Å². The summed E-state index contributed by atoms with van der Waals surface area (Å²) in [5, 5.41) is 3.28. The van der Waals surface area contributed by atoms with Gasteiger partial charge in [0.2, 0.25) is 5.91 Å². The lowest BCUT2D eigenvalue weighted by molar-refractivity contribution is -0.116. The fraction of sp³-hybridized carbons (Fsp3) is 0.318. The van der Waals surface area contributed by atoms with Crippen LogP contribution >= 0.6 is 0 Å². The van der Waals surface area contributed by atoms with Crippen molar-refractivity contribution in [1.29, 1.82) is 0 Å². The van der Waals surface area contributed by atoms with E-state index in [2.05, 4.69) is 5.32 Å². The van der Waals surface area contributed by atoms with Crippen molar-refractivity contribution in [3.05, 3.63) is 74.9 Å². The van der Waals surface area contributed by atoms with Gasteiger partial charge in [0.15, 0.2) is 0 Å². The van der Waals surface area contributed by atoms with Crippen LogP contribution in [0.2, 0.25) is 0 Å². The number of anilines is 1. The van der Waals surface area contributed by atoms with Crippen molar-refractivity contribution in [3.8, 4) is 0 Å². The van der Waals surface area contributed by atoms with Gasteiger partial charge < -0.3 is 5.32 Å². The van der Waals surface area contributed by atoms with E-state index in [1.54, 1.807) is 24.3 Å². The van der Waals surface area contributed by atoms with Gasteiger partial charge in [0.25, 0.3) is 5.56 Å². The minimum Gasteiger partial charge on any atom is -0.325 e. The summed E-state index contributed by atoms with van der Waals surface area (Å²) in [5.74, 6) is -0.310. The third-order valence-corrected chi connectivity index (χ3v) is 5.03. The van der Waals surface area contributed by atoms with Crippen molar-refractivity contribution in [3.63, 3.8) is 0 Å². The number of carbonyl (C=O) groups is 1. The number of aryl methyl sites for hydroxylation is 1. The summed E-state index contributed by atoms with van der Waals surface area (Å²) >= 11 is 0. The molecule has 0 aliphatic heterocycles. The van der Waals surface area contributed by atoms with Crippen molar-refractivity contribution in [2.24, 2.45) is 0 Å². The molecule has 0 radical (unpaired) electrons. The van der Waals surface area contributed by atoms with E-state index in [0.29, 0.717) is 23.0 Å². The maximum atomic E-state index is 13.0. The van der Waals surface area contributed by atoms with Gasteiger partial charge in [0.1, 0.15) is 6.54 Å². The van der Waals surface area contributed by atoms with Gasteiger partial charge in [-0.05, 0) is 49.6 Å². The molecular formula is C22H25N3O3. The number of fused-ring (bicyclic) bond motifs is 1. The Morgan fingerprint density at radius 3 is 2.54 bits per heavy atom. The molecule has 28 heavy (non-hydrogen) atoms. The molecule has 1 aromatic heterocycles. The van der Waals surface area contributed by atoms with E-state index in [0.717, 1.165) is 12.0 Å². The number of nitrogens with one attached hydrogen (secondary N) is 1. The molecule has 146 valence electrons. The minimum atomic E-state index is -0.462. The second kappa shape index (κ2) is 8.25. The average Bonchev–Trinajstić information content (AvgIpc) is 2.71. The molecule has 6 nitrogen and oxygen atoms in total. The van der Waals surface area contributed by atoms with E-state index in [1.165, 1.54) is 9.13 Å². The van der Waals surface area contributed by atoms with Crippen molar-refractivity contribution in [1.82, 2.24) is 9.13 Å². The maximum absolute atomic E-state index is 13.0. The zero-order valence-electron chi connectivity index (χ0n) is 16.4. The van der Waals surface area contributed by atoms with Crippen LogP contribution in [0.1, 0.15) is 38.8 Å². The first-order valence-electron chi connectivity index (χ1n) is 9.59. The average molecular weight is 379 g/mol. The van der Waals surface area contributed by atoms with Crippen LogP contribution in [-0.2, 0) is 17.8 Å². The van der Waals surface area contributed by atoms with Gasteiger partial charge in [-0.1, -0.05) is 38.1 Å². The van der Waals surface area contributed by atoms with E-state index < -0.39 is 5.69 Å². The third-order valence-electron chi connectivity index (χ3n) is 5.03. The summed E-state index contributed by atoms with van der Waals surface area (Å²) in [6.45, 7) is 5.64. The molecular weight excluding hydrogens is 354 g/mol. The highest BCUT2D eigenvalue weighted by atomic mass is 16.2. The zero-order chi connectivity index (χ0) is 20.3. The first-order chi connectivity index (χ1) is 13.5. The first-order valence-corrected chi connectivity index (χ1v) is 9.59. The molecule has 6 heteroatoms. The Bertz CT molecular complexity index is 1130. The van der Waals surface area contributed by atoms with Crippen LogP contribution in [0, 0.1) is 0 Å². The Kier molecular flexibility index (Phi) is 5.78. The van der Waals surface area contributed by atoms with Crippen LogP contribution in [0.15, 0.2) is 58.1 Å². The SMILES string of the molecule is CCc1cccc(NC(=O)Cn2c(=O)n([C@@H](C)CC)c(=O)c3ccccc32)c1. The summed E-state index contributed by atoms with van der Waals surface area (Å²) in [5.41, 5.74) is 1.50. The molecule has 1 heterocycles. The Morgan fingerprint density at radius 1 is 1.07 bits per heavy atom. The second-order valence-electron chi connectivity index (χ2n) is 6.92. The predicted molar refractivity (Wildman–Crippen MR) is 112 cm³/mol. The van der Waals surface area contributed by atoms with Crippen LogP contribution < -0.4 is 16.6 Å². The minimum absolute atomic E-state index is 0.160. The highest BCUT2D eigenvalue weighted by Gasteiger charge is 2.18. The molecule has 1 N–H and O–H groups in total. The highest BCUT2D eigenvalue weighted by Crippen LogP contribution is 2.13. The number of rotatable bonds is 6. The fourth-order valence-electron chi connectivity index (χ4n) is 3.28. The normalized spacial score (nSPS) is 12.1. The Labute approximate surface area is 163 Å². The monoisotopic (exact) mass is 379 g/mol. The lowest BCUT2D eigenvalue weighted by atomic mass is 10.1. The van der Waals surface area contributed by atoms with Gasteiger partial charge in [0.05, 0.1) is 10.9 Å². The third kappa shape index (κ3) is 3.76. The molecule has 3 aromatic rings. The standard InChI is InChI=1S/C22H25N3O3/c1-4-15(3)25-21(27)18-11-6-7-12-19(18)24(22(25)28)14-20(26)23-17-10-8-9-16(5-2)13-17/h6-13,15H,4-5,14H2,1-3H3,(H,23,26)/t15-/m0/s1. The Balaban J connectivity index is 2.03. The Morgan fingerprint density at radius 2 is 1.82 bits per heavy atom. The van der Waals surface area contributed by atoms with Gasteiger partial charge in [-0.3, -0.25) is 18.7 Å². The summed E-state index contributed by atoms with van der Waals surface area (Å²) in [6.07, 6.45) is 1.51. The van der Waals surface area contributed by atoms with Crippen LogP contribution in [0.25, 0.3) is 10.9 Å². The molecule has 2 aromatic carbocycles. The summed E-state index contributed by atoms with van der Waals surface area (Å²) in [7, 11) is 0. The van der Waals surface area contributed by atoms with Crippen molar-refractivity contribution in [2.45, 2.75) is 46.2 Å². The summed E-state index contributed by atoms with van der Waals surface area (Å²) < 4.78 is 2.62. The lowest BCUT2D eigenvalue weighted by Crippen LogP contribution is -2.43. The van der Waals surface area contributed by atoms with E-state index in [9.17, 15) is 14.4 Å². The molecule has 0 unspecified atom stereocenters. The lowest BCUT2D eigenvalue weighted by Gasteiger charge is -2.17. The van der Waals surface area contributed by atoms with E-state index in [1.807, 2.05) is 45.0 Å². The van der Waals surface area contributed by atoms with Crippen molar-refractivity contribution in [2.75, 3.05) is 5.32 Å².